The van der Waals surface area contributed by atoms with Crippen molar-refractivity contribution in [1.29, 1.82) is 0 Å². The van der Waals surface area contributed by atoms with Crippen LogP contribution in [-0.2, 0) is 7.05 Å². The second-order valence-electron chi connectivity index (χ2n) is 7.53. The van der Waals surface area contributed by atoms with Crippen molar-refractivity contribution in [3.05, 3.63) is 54.2 Å². The highest BCUT2D eigenvalue weighted by molar-refractivity contribution is 5.57. The van der Waals surface area contributed by atoms with Gasteiger partial charge < -0.3 is 25.0 Å². The molecule has 152 valence electrons. The Morgan fingerprint density at radius 1 is 1.17 bits per heavy atom. The van der Waals surface area contributed by atoms with Crippen molar-refractivity contribution < 1.29 is 10.2 Å². The Balaban J connectivity index is 1.44. The third-order valence-electron chi connectivity index (χ3n) is 5.38. The maximum absolute atomic E-state index is 10.7. The molecule has 0 spiro atoms. The van der Waals surface area contributed by atoms with E-state index in [1.165, 1.54) is 0 Å². The van der Waals surface area contributed by atoms with E-state index in [-0.39, 0.29) is 11.7 Å². The molecule has 0 unspecified atom stereocenters. The van der Waals surface area contributed by atoms with E-state index in [4.69, 9.17) is 0 Å². The highest BCUT2D eigenvalue weighted by Crippen LogP contribution is 2.31. The molecule has 1 atom stereocenters. The molecule has 3 heterocycles. The van der Waals surface area contributed by atoms with Crippen molar-refractivity contribution in [3.63, 3.8) is 0 Å². The molecule has 0 bridgehead atoms. The summed E-state index contributed by atoms with van der Waals surface area (Å²) in [4.78, 5) is 15.6. The van der Waals surface area contributed by atoms with Gasteiger partial charge in [-0.25, -0.2) is 9.97 Å². The van der Waals surface area contributed by atoms with Crippen LogP contribution in [0.5, 0.6) is 5.75 Å². The minimum absolute atomic E-state index is 0.181. The van der Waals surface area contributed by atoms with Crippen molar-refractivity contribution in [1.82, 2.24) is 19.5 Å². The van der Waals surface area contributed by atoms with Crippen LogP contribution in [0.4, 0.5) is 17.5 Å². The lowest BCUT2D eigenvalue weighted by Gasteiger charge is -2.34. The van der Waals surface area contributed by atoms with E-state index in [9.17, 15) is 10.2 Å². The highest BCUT2D eigenvalue weighted by Gasteiger charge is 2.29. The maximum Gasteiger partial charge on any atom is 0.229 e. The number of aliphatic hydroxyl groups is 1. The lowest BCUT2D eigenvalue weighted by molar-refractivity contribution is 0.0824. The van der Waals surface area contributed by atoms with Crippen LogP contribution in [0.15, 0.2) is 42.7 Å². The van der Waals surface area contributed by atoms with E-state index < -0.39 is 6.10 Å². The topological polar surface area (TPSA) is 99.3 Å². The zero-order chi connectivity index (χ0) is 20.4. The Labute approximate surface area is 169 Å². The third kappa shape index (κ3) is 4.32. The molecular formula is C21H26N6O2. The summed E-state index contributed by atoms with van der Waals surface area (Å²) in [5, 5.41) is 23.5. The van der Waals surface area contributed by atoms with Crippen LogP contribution >= 0.6 is 0 Å². The first-order chi connectivity index (χ1) is 14.0. The summed E-state index contributed by atoms with van der Waals surface area (Å²) in [6, 6.07) is 8.86. The first-order valence-electron chi connectivity index (χ1n) is 9.81. The number of nitrogens with zero attached hydrogens (tertiary/aromatic N) is 5. The van der Waals surface area contributed by atoms with E-state index in [0.717, 1.165) is 49.0 Å². The van der Waals surface area contributed by atoms with Crippen LogP contribution in [0.3, 0.4) is 0 Å². The fraction of sp³-hybridized carbons (Fsp3) is 0.381. The van der Waals surface area contributed by atoms with E-state index in [2.05, 4.69) is 25.2 Å². The second-order valence-corrected chi connectivity index (χ2v) is 7.53. The predicted molar refractivity (Wildman–Crippen MR) is 111 cm³/mol. The van der Waals surface area contributed by atoms with Gasteiger partial charge in [0.25, 0.3) is 0 Å². The van der Waals surface area contributed by atoms with Gasteiger partial charge in [0, 0.05) is 56.0 Å². The van der Waals surface area contributed by atoms with Gasteiger partial charge in [0.1, 0.15) is 23.5 Å². The Bertz CT molecular complexity index is 981. The largest absolute Gasteiger partial charge is 0.508 e. The summed E-state index contributed by atoms with van der Waals surface area (Å²) in [5.74, 6) is 2.46. The van der Waals surface area contributed by atoms with Crippen LogP contribution in [0.2, 0.25) is 0 Å². The van der Waals surface area contributed by atoms with Gasteiger partial charge in [-0.05, 0) is 37.8 Å². The number of anilines is 3. The number of benzene rings is 1. The molecule has 8 nitrogen and oxygen atoms in total. The molecule has 1 fully saturated rings. The van der Waals surface area contributed by atoms with E-state index in [1.54, 1.807) is 24.4 Å². The molecule has 0 aliphatic carbocycles. The van der Waals surface area contributed by atoms with Crippen LogP contribution in [0, 0.1) is 12.8 Å². The van der Waals surface area contributed by atoms with Crippen molar-refractivity contribution >= 4 is 17.5 Å². The quantitative estimate of drug-likeness (QED) is 0.612. The van der Waals surface area contributed by atoms with Gasteiger partial charge in [-0.15, -0.1) is 0 Å². The fourth-order valence-electron chi connectivity index (χ4n) is 3.80. The van der Waals surface area contributed by atoms with Crippen LogP contribution < -0.4 is 10.2 Å². The predicted octanol–water partition coefficient (Wildman–Crippen LogP) is 2.92. The number of phenolic OH excluding ortho intramolecular Hbond substituents is 1. The first-order valence-corrected chi connectivity index (χ1v) is 9.81. The van der Waals surface area contributed by atoms with Gasteiger partial charge in [0.15, 0.2) is 0 Å². The van der Waals surface area contributed by atoms with Gasteiger partial charge in [-0.1, -0.05) is 6.07 Å². The second kappa shape index (κ2) is 8.08. The summed E-state index contributed by atoms with van der Waals surface area (Å²) in [6.07, 6.45) is 4.77. The van der Waals surface area contributed by atoms with Crippen LogP contribution in [0.25, 0.3) is 0 Å². The molecule has 8 heteroatoms. The smallest absolute Gasteiger partial charge is 0.229 e. The van der Waals surface area contributed by atoms with E-state index >= 15 is 0 Å². The molecule has 3 N–H and O–H groups in total. The van der Waals surface area contributed by atoms with E-state index in [1.807, 2.05) is 36.9 Å². The van der Waals surface area contributed by atoms with Gasteiger partial charge in [-0.3, -0.25) is 0 Å². The molecule has 4 rings (SSSR count). The summed E-state index contributed by atoms with van der Waals surface area (Å²) in [5.41, 5.74) is 1.60. The summed E-state index contributed by atoms with van der Waals surface area (Å²) in [6.45, 7) is 3.57. The minimum Gasteiger partial charge on any atom is -0.508 e. The number of piperidine rings is 1. The molecule has 1 aliphatic heterocycles. The Morgan fingerprint density at radius 2 is 1.97 bits per heavy atom. The van der Waals surface area contributed by atoms with Crippen molar-refractivity contribution in [2.24, 2.45) is 13.0 Å². The number of nitrogens with one attached hydrogen (secondary N) is 1. The summed E-state index contributed by atoms with van der Waals surface area (Å²) >= 11 is 0. The fourth-order valence-corrected chi connectivity index (χ4v) is 3.80. The number of hydrogen-bond acceptors (Lipinski definition) is 7. The Kier molecular flexibility index (Phi) is 5.35. The molecule has 1 aromatic carbocycles. The van der Waals surface area contributed by atoms with Crippen LogP contribution in [-0.4, -0.2) is 42.8 Å². The molecular weight excluding hydrogens is 368 g/mol. The maximum atomic E-state index is 10.7. The van der Waals surface area contributed by atoms with Crippen molar-refractivity contribution in [2.75, 3.05) is 23.3 Å². The number of aromatic hydroxyl groups is 1. The van der Waals surface area contributed by atoms with Crippen LogP contribution in [0.1, 0.15) is 30.5 Å². The third-order valence-corrected chi connectivity index (χ3v) is 5.38. The number of rotatable bonds is 5. The lowest BCUT2D eigenvalue weighted by Crippen LogP contribution is -2.36. The molecule has 3 aromatic rings. The Hall–Kier alpha value is -3.13. The molecule has 2 aromatic heterocycles. The number of imidazole rings is 1. The highest BCUT2D eigenvalue weighted by atomic mass is 16.3. The zero-order valence-electron chi connectivity index (χ0n) is 16.7. The summed E-state index contributed by atoms with van der Waals surface area (Å²) < 4.78 is 1.88. The minimum atomic E-state index is -0.549. The number of phenols is 1. The summed E-state index contributed by atoms with van der Waals surface area (Å²) in [7, 11) is 1.91. The Morgan fingerprint density at radius 3 is 2.66 bits per heavy atom. The molecule has 29 heavy (non-hydrogen) atoms. The number of hydrogen-bond donors (Lipinski definition) is 3. The SMILES string of the molecule is Cc1cc(N2CCC([C@H](O)c3nccn3C)CC2)nc(Nc2cccc(O)c2)n1. The standard InChI is InChI=1S/C21H26N6O2/c1-14-12-18(25-21(23-14)24-16-4-3-5-17(28)13-16)27-9-6-15(7-10-27)19(29)20-22-8-11-26(20)2/h3-5,8,11-13,15,19,28-29H,6-7,9-10H2,1-2H3,(H,23,24,25)/t19-/m0/s1. The van der Waals surface area contributed by atoms with Gasteiger partial charge in [0.2, 0.25) is 5.95 Å². The number of aliphatic hydroxyl groups excluding tert-OH is 1. The van der Waals surface area contributed by atoms with Gasteiger partial charge >= 0.3 is 0 Å². The zero-order valence-corrected chi connectivity index (χ0v) is 16.7. The normalized spacial score (nSPS) is 16.0. The number of aromatic nitrogens is 4. The van der Waals surface area contributed by atoms with Crippen molar-refractivity contribution in [2.45, 2.75) is 25.9 Å². The average Bonchev–Trinajstić information content (AvgIpc) is 3.13. The van der Waals surface area contributed by atoms with Gasteiger partial charge in [-0.2, -0.15) is 4.98 Å². The molecule has 0 amide bonds. The van der Waals surface area contributed by atoms with Crippen molar-refractivity contribution in [3.8, 4) is 5.75 Å². The molecule has 1 saturated heterocycles. The first kappa shape index (κ1) is 19.2. The molecule has 0 radical (unpaired) electrons. The van der Waals surface area contributed by atoms with Gasteiger partial charge in [0.05, 0.1) is 0 Å². The number of aryl methyl sites for hydroxylation is 2. The monoisotopic (exact) mass is 394 g/mol. The van der Waals surface area contributed by atoms with E-state index in [0.29, 0.717) is 5.95 Å². The average molecular weight is 394 g/mol. The molecule has 0 saturated carbocycles. The lowest BCUT2D eigenvalue weighted by atomic mass is 9.90. The molecule has 1 aliphatic rings.